The Bertz CT molecular complexity index is 1030. The van der Waals surface area contributed by atoms with Gasteiger partial charge in [0.15, 0.2) is 0 Å². The first kappa shape index (κ1) is 21.5. The lowest BCUT2D eigenvalue weighted by atomic mass is 10.2. The number of aryl methyl sites for hydroxylation is 1. The van der Waals surface area contributed by atoms with E-state index in [0.29, 0.717) is 5.56 Å². The van der Waals surface area contributed by atoms with Gasteiger partial charge in [-0.1, -0.05) is 0 Å². The monoisotopic (exact) mass is 445 g/mol. The van der Waals surface area contributed by atoms with Crippen molar-refractivity contribution >= 4 is 37.7 Å². The Kier molecular flexibility index (Phi) is 5.88. The second-order valence-corrected chi connectivity index (χ2v) is 10.6. The second-order valence-electron chi connectivity index (χ2n) is 6.76. The van der Waals surface area contributed by atoms with E-state index in [1.165, 1.54) is 27.4 Å². The summed E-state index contributed by atoms with van der Waals surface area (Å²) in [6, 6.07) is 4.04. The Morgan fingerprint density at radius 1 is 1.17 bits per heavy atom. The fourth-order valence-corrected chi connectivity index (χ4v) is 6.46. The molecule has 0 atom stereocenters. The number of sulfonamides is 2. The van der Waals surface area contributed by atoms with Gasteiger partial charge < -0.3 is 9.64 Å². The summed E-state index contributed by atoms with van der Waals surface area (Å²) in [4.78, 5) is 25.2. The third-order valence-electron chi connectivity index (χ3n) is 4.85. The molecule has 0 aliphatic carbocycles. The predicted molar refractivity (Wildman–Crippen MR) is 104 cm³/mol. The van der Waals surface area contributed by atoms with Gasteiger partial charge in [-0.2, -0.15) is 4.31 Å². The van der Waals surface area contributed by atoms with E-state index in [-0.39, 0.29) is 55.5 Å². The molecule has 0 saturated carbocycles. The second kappa shape index (κ2) is 7.92. The van der Waals surface area contributed by atoms with Crippen LogP contribution >= 0.6 is 0 Å². The highest BCUT2D eigenvalue weighted by molar-refractivity contribution is 7.94. The number of piperazine rings is 1. The zero-order valence-corrected chi connectivity index (χ0v) is 17.8. The molecule has 0 spiro atoms. The molecule has 0 unspecified atom stereocenters. The molecule has 2 aliphatic heterocycles. The van der Waals surface area contributed by atoms with E-state index in [0.717, 1.165) is 4.31 Å². The van der Waals surface area contributed by atoms with Crippen molar-refractivity contribution in [2.75, 3.05) is 42.8 Å². The lowest BCUT2D eigenvalue weighted by Gasteiger charge is -2.33. The van der Waals surface area contributed by atoms with E-state index in [9.17, 15) is 26.4 Å². The van der Waals surface area contributed by atoms with Crippen LogP contribution in [0.25, 0.3) is 0 Å². The number of hydrogen-bond acceptors (Lipinski definition) is 7. The number of ether oxygens (including phenoxy) is 1. The zero-order valence-electron chi connectivity index (χ0n) is 16.2. The molecule has 10 nitrogen and oxygen atoms in total. The third-order valence-corrected chi connectivity index (χ3v) is 8.60. The standard InChI is InChI=1S/C17H23N3O7S2/c1-3-27-17(22)18-7-9-19(10-8-18)29(25,26)15-5-4-14(12-13(15)2)20-16(21)6-11-28(20,23)24/h4-5,12H,3,6-11H2,1-2H3. The molecule has 3 rings (SSSR count). The summed E-state index contributed by atoms with van der Waals surface area (Å²) >= 11 is 0. The van der Waals surface area contributed by atoms with Gasteiger partial charge in [0.1, 0.15) is 0 Å². The smallest absolute Gasteiger partial charge is 0.409 e. The van der Waals surface area contributed by atoms with Crippen LogP contribution in [0.4, 0.5) is 10.5 Å². The fraction of sp³-hybridized carbons (Fsp3) is 0.529. The highest BCUT2D eigenvalue weighted by atomic mass is 32.2. The number of nitrogens with zero attached hydrogens (tertiary/aromatic N) is 3. The number of carbonyl (C=O) groups is 2. The maximum Gasteiger partial charge on any atom is 0.409 e. The lowest BCUT2D eigenvalue weighted by Crippen LogP contribution is -2.50. The van der Waals surface area contributed by atoms with E-state index in [2.05, 4.69) is 0 Å². The average molecular weight is 446 g/mol. The molecule has 29 heavy (non-hydrogen) atoms. The largest absolute Gasteiger partial charge is 0.450 e. The van der Waals surface area contributed by atoms with Crippen molar-refractivity contribution in [2.45, 2.75) is 25.2 Å². The van der Waals surface area contributed by atoms with Gasteiger partial charge in [-0.15, -0.1) is 0 Å². The van der Waals surface area contributed by atoms with Crippen molar-refractivity contribution in [3.8, 4) is 0 Å². The molecule has 0 aromatic heterocycles. The molecule has 2 fully saturated rings. The Morgan fingerprint density at radius 3 is 2.34 bits per heavy atom. The molecule has 12 heteroatoms. The average Bonchev–Trinajstić information content (AvgIpc) is 2.94. The van der Waals surface area contributed by atoms with Crippen LogP contribution in [0, 0.1) is 6.92 Å². The molecule has 1 aromatic carbocycles. The Morgan fingerprint density at radius 2 is 1.83 bits per heavy atom. The summed E-state index contributed by atoms with van der Waals surface area (Å²) in [6.45, 7) is 4.19. The maximum absolute atomic E-state index is 13.0. The number of benzene rings is 1. The van der Waals surface area contributed by atoms with E-state index in [1.54, 1.807) is 13.8 Å². The molecule has 2 amide bonds. The van der Waals surface area contributed by atoms with Gasteiger partial charge in [-0.25, -0.2) is 25.9 Å². The zero-order chi connectivity index (χ0) is 21.4. The van der Waals surface area contributed by atoms with Gasteiger partial charge >= 0.3 is 6.09 Å². The minimum absolute atomic E-state index is 0.0369. The van der Waals surface area contributed by atoms with Crippen LogP contribution < -0.4 is 4.31 Å². The minimum atomic E-state index is -3.84. The van der Waals surface area contributed by atoms with Crippen molar-refractivity contribution in [2.24, 2.45) is 0 Å². The molecule has 0 N–H and O–H groups in total. The molecular weight excluding hydrogens is 422 g/mol. The first-order valence-electron chi connectivity index (χ1n) is 9.16. The van der Waals surface area contributed by atoms with Crippen molar-refractivity contribution in [3.05, 3.63) is 23.8 Å². The molecule has 0 radical (unpaired) electrons. The van der Waals surface area contributed by atoms with Gasteiger partial charge in [0.05, 0.1) is 22.9 Å². The first-order valence-corrected chi connectivity index (χ1v) is 12.2. The summed E-state index contributed by atoms with van der Waals surface area (Å²) in [7, 11) is -7.55. The van der Waals surface area contributed by atoms with E-state index in [4.69, 9.17) is 4.74 Å². The Balaban J connectivity index is 1.80. The Labute approximate surface area is 170 Å². The highest BCUT2D eigenvalue weighted by Gasteiger charge is 2.37. The van der Waals surface area contributed by atoms with Crippen LogP contribution in [0.1, 0.15) is 18.9 Å². The number of carbonyl (C=O) groups excluding carboxylic acids is 2. The molecule has 1 aromatic rings. The van der Waals surface area contributed by atoms with Crippen LogP contribution in [0.15, 0.2) is 23.1 Å². The van der Waals surface area contributed by atoms with Gasteiger partial charge in [0.25, 0.3) is 0 Å². The van der Waals surface area contributed by atoms with Crippen LogP contribution in [0.5, 0.6) is 0 Å². The first-order chi connectivity index (χ1) is 13.6. The molecule has 160 valence electrons. The summed E-state index contributed by atoms with van der Waals surface area (Å²) in [5.41, 5.74) is 0.473. The fourth-order valence-electron chi connectivity index (χ4n) is 3.38. The van der Waals surface area contributed by atoms with E-state index < -0.39 is 32.0 Å². The predicted octanol–water partition coefficient (Wildman–Crippen LogP) is 0.524. The molecule has 2 heterocycles. The molecular formula is C17H23N3O7S2. The van der Waals surface area contributed by atoms with Crippen LogP contribution in [0.2, 0.25) is 0 Å². The summed E-state index contributed by atoms with van der Waals surface area (Å²) < 4.78 is 57.2. The van der Waals surface area contributed by atoms with Gasteiger partial charge in [-0.05, 0) is 37.6 Å². The van der Waals surface area contributed by atoms with E-state index >= 15 is 0 Å². The number of anilines is 1. The van der Waals surface area contributed by atoms with Gasteiger partial charge in [0.2, 0.25) is 26.0 Å². The van der Waals surface area contributed by atoms with Crippen LogP contribution in [0.3, 0.4) is 0 Å². The van der Waals surface area contributed by atoms with Crippen molar-refractivity contribution in [1.82, 2.24) is 9.21 Å². The highest BCUT2D eigenvalue weighted by Crippen LogP contribution is 2.30. The summed E-state index contributed by atoms with van der Waals surface area (Å²) in [5.74, 6) is -0.787. The number of amides is 2. The maximum atomic E-state index is 13.0. The van der Waals surface area contributed by atoms with Gasteiger partial charge in [-0.3, -0.25) is 4.79 Å². The quantitative estimate of drug-likeness (QED) is 0.662. The third kappa shape index (κ3) is 4.09. The van der Waals surface area contributed by atoms with Crippen molar-refractivity contribution in [1.29, 1.82) is 0 Å². The summed E-state index contributed by atoms with van der Waals surface area (Å²) in [5, 5.41) is 0. The topological polar surface area (TPSA) is 121 Å². The molecule has 0 bridgehead atoms. The van der Waals surface area contributed by atoms with Gasteiger partial charge in [0, 0.05) is 32.6 Å². The Hall–Kier alpha value is -2.18. The van der Waals surface area contributed by atoms with Crippen molar-refractivity contribution < 1.29 is 31.2 Å². The molecule has 2 aliphatic rings. The van der Waals surface area contributed by atoms with Crippen LogP contribution in [-0.2, 0) is 29.6 Å². The SMILES string of the molecule is CCOC(=O)N1CCN(S(=O)(=O)c2ccc(N3C(=O)CCS3(=O)=O)cc2C)CC1. The van der Waals surface area contributed by atoms with E-state index in [1.807, 2.05) is 0 Å². The van der Waals surface area contributed by atoms with Crippen LogP contribution in [-0.4, -0.2) is 76.6 Å². The minimum Gasteiger partial charge on any atom is -0.450 e. The normalized spacial score (nSPS) is 20.1. The molecule has 2 saturated heterocycles. The number of hydrogen-bond donors (Lipinski definition) is 0. The number of rotatable bonds is 4. The lowest BCUT2D eigenvalue weighted by molar-refractivity contribution is -0.116. The summed E-state index contributed by atoms with van der Waals surface area (Å²) in [6.07, 6.45) is -0.562. The van der Waals surface area contributed by atoms with Crippen molar-refractivity contribution in [3.63, 3.8) is 0 Å².